The highest BCUT2D eigenvalue weighted by Crippen LogP contribution is 2.27. The molecule has 4 aromatic carbocycles. The number of benzene rings is 4. The van der Waals surface area contributed by atoms with Gasteiger partial charge in [-0.25, -0.2) is 14.6 Å². The third-order valence-electron chi connectivity index (χ3n) is 5.59. The molecule has 37 heavy (non-hydrogen) atoms. The number of hydrogen-bond donors (Lipinski definition) is 0. The van der Waals surface area contributed by atoms with Crippen molar-refractivity contribution < 1.29 is 19.1 Å². The smallest absolute Gasteiger partial charge is 0.330 e. The molecule has 6 nitrogen and oxygen atoms in total. The molecule has 0 heterocycles. The molecule has 0 saturated carbocycles. The van der Waals surface area contributed by atoms with E-state index in [-0.39, 0.29) is 13.2 Å². The zero-order chi connectivity index (χ0) is 26.0. The van der Waals surface area contributed by atoms with Gasteiger partial charge in [0.05, 0.1) is 17.6 Å². The van der Waals surface area contributed by atoms with Crippen LogP contribution in [0.5, 0.6) is 0 Å². The first-order valence-electron chi connectivity index (χ1n) is 11.7. The van der Waals surface area contributed by atoms with Crippen molar-refractivity contribution in [3.05, 3.63) is 133 Å². The number of anilines is 2. The number of rotatable bonds is 10. The molecule has 0 amide bonds. The first-order chi connectivity index (χ1) is 18.1. The second-order valence-electron chi connectivity index (χ2n) is 8.08. The number of carbonyl (C=O) groups is 2. The van der Waals surface area contributed by atoms with Crippen LogP contribution in [0.25, 0.3) is 10.8 Å². The van der Waals surface area contributed by atoms with E-state index < -0.39 is 11.9 Å². The molecule has 0 atom stereocenters. The molecule has 0 radical (unpaired) electrons. The van der Waals surface area contributed by atoms with E-state index >= 15 is 0 Å². The van der Waals surface area contributed by atoms with Gasteiger partial charge in [0.2, 0.25) is 0 Å². The van der Waals surface area contributed by atoms with Crippen molar-refractivity contribution >= 4 is 40.3 Å². The summed E-state index contributed by atoms with van der Waals surface area (Å²) in [5.74, 6) is -0.937. The minimum Gasteiger partial charge on any atom is -0.458 e. The quantitative estimate of drug-likeness (QED) is 0.110. The van der Waals surface area contributed by atoms with E-state index in [1.54, 1.807) is 0 Å². The minimum absolute atomic E-state index is 0.155. The van der Waals surface area contributed by atoms with E-state index in [1.807, 2.05) is 84.0 Å². The van der Waals surface area contributed by atoms with E-state index in [4.69, 9.17) is 14.6 Å². The zero-order valence-electron chi connectivity index (χ0n) is 20.2. The molecule has 0 unspecified atom stereocenters. The average Bonchev–Trinajstić information content (AvgIpc) is 2.96. The molecule has 0 fully saturated rings. The fourth-order valence-electron chi connectivity index (χ4n) is 3.66. The van der Waals surface area contributed by atoms with E-state index in [2.05, 4.69) is 31.4 Å². The lowest BCUT2D eigenvalue weighted by Crippen LogP contribution is -2.10. The third kappa shape index (κ3) is 6.58. The van der Waals surface area contributed by atoms with Gasteiger partial charge in [0.1, 0.15) is 13.2 Å². The molecule has 184 valence electrons. The Bertz CT molecular complexity index is 1370. The van der Waals surface area contributed by atoms with Gasteiger partial charge in [0.25, 0.3) is 0 Å². The molecule has 0 aliphatic heterocycles. The molecule has 0 aliphatic carbocycles. The molecule has 0 N–H and O–H groups in total. The molecule has 4 aromatic rings. The van der Waals surface area contributed by atoms with Gasteiger partial charge in [-0.2, -0.15) is 5.10 Å². The number of hydrazone groups is 1. The average molecular weight is 491 g/mol. The van der Waals surface area contributed by atoms with E-state index in [9.17, 15) is 9.59 Å². The Morgan fingerprint density at radius 1 is 0.703 bits per heavy atom. The summed E-state index contributed by atoms with van der Waals surface area (Å²) < 4.78 is 10.3. The summed E-state index contributed by atoms with van der Waals surface area (Å²) in [5.41, 5.74) is 4.32. The SMILES string of the molecule is C=CC(=O)OCc1ccc(N(N=Cc2cccc3ccccc23)c2ccc(COC(=O)C=C)cc2)cc1. The topological polar surface area (TPSA) is 68.2 Å². The van der Waals surface area contributed by atoms with E-state index in [0.717, 1.165) is 51.0 Å². The summed E-state index contributed by atoms with van der Waals surface area (Å²) in [6, 6.07) is 29.5. The van der Waals surface area contributed by atoms with Crippen molar-refractivity contribution in [1.29, 1.82) is 0 Å². The predicted molar refractivity (Wildman–Crippen MR) is 147 cm³/mol. The second-order valence-corrected chi connectivity index (χ2v) is 8.08. The molecule has 0 spiro atoms. The van der Waals surface area contributed by atoms with Gasteiger partial charge in [0, 0.05) is 17.7 Å². The number of hydrogen-bond acceptors (Lipinski definition) is 6. The van der Waals surface area contributed by atoms with Crippen LogP contribution in [-0.2, 0) is 32.3 Å². The summed E-state index contributed by atoms with van der Waals surface area (Å²) in [5, 5.41) is 8.89. The number of nitrogens with zero attached hydrogens (tertiary/aromatic N) is 2. The largest absolute Gasteiger partial charge is 0.458 e. The van der Waals surface area contributed by atoms with Crippen LogP contribution >= 0.6 is 0 Å². The summed E-state index contributed by atoms with van der Waals surface area (Å²) in [7, 11) is 0. The Balaban J connectivity index is 1.63. The molecular formula is C31H26N2O4. The van der Waals surface area contributed by atoms with Crippen molar-refractivity contribution in [2.45, 2.75) is 13.2 Å². The monoisotopic (exact) mass is 490 g/mol. The van der Waals surface area contributed by atoms with Crippen LogP contribution in [0.2, 0.25) is 0 Å². The maximum Gasteiger partial charge on any atom is 0.330 e. The summed E-state index contributed by atoms with van der Waals surface area (Å²) in [6.07, 6.45) is 4.11. The molecular weight excluding hydrogens is 464 g/mol. The Hall–Kier alpha value is -4.97. The first-order valence-corrected chi connectivity index (χ1v) is 11.7. The second kappa shape index (κ2) is 12.1. The highest BCUT2D eigenvalue weighted by molar-refractivity contribution is 6.00. The molecule has 0 aromatic heterocycles. The lowest BCUT2D eigenvalue weighted by Gasteiger charge is -2.20. The number of fused-ring (bicyclic) bond motifs is 1. The van der Waals surface area contributed by atoms with Crippen LogP contribution < -0.4 is 5.01 Å². The normalized spacial score (nSPS) is 10.7. The highest BCUT2D eigenvalue weighted by atomic mass is 16.5. The van der Waals surface area contributed by atoms with Crippen LogP contribution in [-0.4, -0.2) is 18.2 Å². The van der Waals surface area contributed by atoms with Crippen LogP contribution in [0.1, 0.15) is 16.7 Å². The fourth-order valence-corrected chi connectivity index (χ4v) is 3.66. The van der Waals surface area contributed by atoms with Gasteiger partial charge >= 0.3 is 11.9 Å². The van der Waals surface area contributed by atoms with Gasteiger partial charge in [-0.15, -0.1) is 0 Å². The van der Waals surface area contributed by atoms with Gasteiger partial charge in [-0.1, -0.05) is 79.9 Å². The minimum atomic E-state index is -0.468. The maximum absolute atomic E-state index is 11.4. The predicted octanol–water partition coefficient (Wildman–Crippen LogP) is 6.47. The number of ether oxygens (including phenoxy) is 2. The molecule has 4 rings (SSSR count). The van der Waals surface area contributed by atoms with Crippen LogP contribution in [0, 0.1) is 0 Å². The zero-order valence-corrected chi connectivity index (χ0v) is 20.2. The molecule has 0 aliphatic rings. The van der Waals surface area contributed by atoms with Crippen LogP contribution in [0.3, 0.4) is 0 Å². The van der Waals surface area contributed by atoms with Crippen LogP contribution in [0.4, 0.5) is 11.4 Å². The summed E-state index contributed by atoms with van der Waals surface area (Å²) in [4.78, 5) is 22.8. The third-order valence-corrected chi connectivity index (χ3v) is 5.59. The van der Waals surface area contributed by atoms with Crippen molar-refractivity contribution in [1.82, 2.24) is 0 Å². The summed E-state index contributed by atoms with van der Waals surface area (Å²) in [6.45, 7) is 7.14. The van der Waals surface area contributed by atoms with Crippen molar-refractivity contribution in [2.24, 2.45) is 5.10 Å². The maximum atomic E-state index is 11.4. The van der Waals surface area contributed by atoms with Crippen molar-refractivity contribution in [3.63, 3.8) is 0 Å². The van der Waals surface area contributed by atoms with Gasteiger partial charge in [-0.05, 0) is 46.2 Å². The fraction of sp³-hybridized carbons (Fsp3) is 0.0645. The Morgan fingerprint density at radius 2 is 1.22 bits per heavy atom. The Labute approximate surface area is 215 Å². The summed E-state index contributed by atoms with van der Waals surface area (Å²) >= 11 is 0. The van der Waals surface area contributed by atoms with E-state index in [0.29, 0.717) is 0 Å². The van der Waals surface area contributed by atoms with Crippen molar-refractivity contribution in [2.75, 3.05) is 5.01 Å². The number of carbonyl (C=O) groups excluding carboxylic acids is 2. The standard InChI is InChI=1S/C31H26N2O4/c1-3-30(34)36-21-23-12-16-27(17-13-23)33(28-18-14-24(15-19-28)22-37-31(35)4-2)32-20-26-10-7-9-25-8-5-6-11-29(25)26/h3-20H,1-2,21-22H2. The lowest BCUT2D eigenvalue weighted by atomic mass is 10.1. The highest BCUT2D eigenvalue weighted by Gasteiger charge is 2.10. The Kier molecular flexibility index (Phi) is 8.24. The van der Waals surface area contributed by atoms with Crippen LogP contribution in [0.15, 0.2) is 121 Å². The molecule has 0 saturated heterocycles. The Morgan fingerprint density at radius 3 is 1.76 bits per heavy atom. The molecule has 0 bridgehead atoms. The van der Waals surface area contributed by atoms with Gasteiger partial charge in [0.15, 0.2) is 0 Å². The first kappa shape index (κ1) is 25.1. The van der Waals surface area contributed by atoms with E-state index in [1.165, 1.54) is 0 Å². The molecule has 6 heteroatoms. The number of esters is 2. The lowest BCUT2D eigenvalue weighted by molar-refractivity contribution is -0.139. The van der Waals surface area contributed by atoms with Crippen molar-refractivity contribution in [3.8, 4) is 0 Å². The van der Waals surface area contributed by atoms with Gasteiger partial charge < -0.3 is 9.47 Å². The van der Waals surface area contributed by atoms with Gasteiger partial charge in [-0.3, -0.25) is 0 Å².